The van der Waals surface area contributed by atoms with Gasteiger partial charge in [-0.15, -0.1) is 11.8 Å². The predicted octanol–water partition coefficient (Wildman–Crippen LogP) is 2.34. The molecule has 0 fully saturated rings. The number of aromatic nitrogens is 1. The summed E-state index contributed by atoms with van der Waals surface area (Å²) in [6.45, 7) is 0. The number of hydrogen-bond donors (Lipinski definition) is 3. The molecular weight excluding hydrogens is 248 g/mol. The third-order valence-electron chi connectivity index (χ3n) is 2.41. The Morgan fingerprint density at radius 1 is 1.17 bits per heavy atom. The van der Waals surface area contributed by atoms with Crippen molar-refractivity contribution >= 4 is 29.0 Å². The van der Waals surface area contributed by atoms with E-state index in [1.807, 2.05) is 12.3 Å². The molecule has 0 spiro atoms. The van der Waals surface area contributed by atoms with Crippen LogP contribution in [-0.4, -0.2) is 11.2 Å². The maximum atomic E-state index is 5.82. The Hall–Kier alpha value is -2.08. The molecule has 0 saturated carbocycles. The maximum absolute atomic E-state index is 5.82. The number of anilines is 3. The van der Waals surface area contributed by atoms with Crippen LogP contribution >= 0.6 is 11.8 Å². The van der Waals surface area contributed by atoms with E-state index in [-0.39, 0.29) is 5.82 Å². The molecule has 94 valence electrons. The Morgan fingerprint density at radius 2 is 1.94 bits per heavy atom. The third kappa shape index (κ3) is 2.43. The van der Waals surface area contributed by atoms with Gasteiger partial charge in [0.05, 0.1) is 0 Å². The van der Waals surface area contributed by atoms with Crippen LogP contribution < -0.4 is 21.9 Å². The lowest BCUT2D eigenvalue weighted by Crippen LogP contribution is -2.00. The second-order valence-electron chi connectivity index (χ2n) is 3.61. The van der Waals surface area contributed by atoms with Gasteiger partial charge in [0, 0.05) is 22.8 Å². The highest BCUT2D eigenvalue weighted by atomic mass is 32.2. The summed E-state index contributed by atoms with van der Waals surface area (Å²) in [6, 6.07) is 7.10. The fraction of sp³-hybridized carbons (Fsp3) is 0.0833. The number of thioether (sulfide) groups is 1. The van der Waals surface area contributed by atoms with Crippen molar-refractivity contribution in [2.75, 3.05) is 23.5 Å². The van der Waals surface area contributed by atoms with Crippen molar-refractivity contribution in [2.24, 2.45) is 0 Å². The van der Waals surface area contributed by atoms with Crippen LogP contribution in [0.15, 0.2) is 35.4 Å². The summed E-state index contributed by atoms with van der Waals surface area (Å²) in [7, 11) is 0. The summed E-state index contributed by atoms with van der Waals surface area (Å²) >= 11 is 1.55. The van der Waals surface area contributed by atoms with E-state index >= 15 is 0 Å². The molecule has 1 aromatic carbocycles. The Bertz CT molecular complexity index is 574. The number of nitrogens with zero attached hydrogens (tertiary/aromatic N) is 1. The van der Waals surface area contributed by atoms with Gasteiger partial charge in [0.2, 0.25) is 0 Å². The van der Waals surface area contributed by atoms with Crippen LogP contribution in [-0.2, 0) is 0 Å². The first-order chi connectivity index (χ1) is 8.61. The van der Waals surface area contributed by atoms with E-state index in [9.17, 15) is 0 Å². The molecule has 1 aromatic heterocycles. The molecule has 18 heavy (non-hydrogen) atoms. The first-order valence-electron chi connectivity index (χ1n) is 5.23. The van der Waals surface area contributed by atoms with Gasteiger partial charge in [0.1, 0.15) is 17.3 Å². The van der Waals surface area contributed by atoms with Gasteiger partial charge in [-0.1, -0.05) is 0 Å². The molecule has 0 saturated heterocycles. The van der Waals surface area contributed by atoms with Crippen molar-refractivity contribution in [3.63, 3.8) is 0 Å². The van der Waals surface area contributed by atoms with Gasteiger partial charge in [-0.05, 0) is 24.5 Å². The zero-order chi connectivity index (χ0) is 13.1. The molecule has 6 heteroatoms. The lowest BCUT2D eigenvalue weighted by molar-refractivity contribution is 0.483. The average molecular weight is 262 g/mol. The van der Waals surface area contributed by atoms with Crippen LogP contribution in [0.3, 0.4) is 0 Å². The van der Waals surface area contributed by atoms with Gasteiger partial charge >= 0.3 is 0 Å². The van der Waals surface area contributed by atoms with E-state index in [4.69, 9.17) is 21.9 Å². The molecule has 0 radical (unpaired) electrons. The largest absolute Gasteiger partial charge is 0.455 e. The van der Waals surface area contributed by atoms with Crippen LogP contribution in [0.2, 0.25) is 0 Å². The molecule has 0 atom stereocenters. The van der Waals surface area contributed by atoms with Crippen LogP contribution in [0.5, 0.6) is 11.5 Å². The van der Waals surface area contributed by atoms with Crippen molar-refractivity contribution in [3.05, 3.63) is 30.5 Å². The van der Waals surface area contributed by atoms with E-state index in [0.717, 1.165) is 10.6 Å². The zero-order valence-electron chi connectivity index (χ0n) is 9.88. The minimum Gasteiger partial charge on any atom is -0.455 e. The van der Waals surface area contributed by atoms with E-state index in [1.54, 1.807) is 36.2 Å². The van der Waals surface area contributed by atoms with Gasteiger partial charge < -0.3 is 21.9 Å². The van der Waals surface area contributed by atoms with Gasteiger partial charge in [-0.25, -0.2) is 4.98 Å². The quantitative estimate of drug-likeness (QED) is 0.580. The van der Waals surface area contributed by atoms with Crippen molar-refractivity contribution in [2.45, 2.75) is 4.90 Å². The van der Waals surface area contributed by atoms with Crippen molar-refractivity contribution in [1.29, 1.82) is 0 Å². The fourth-order valence-electron chi connectivity index (χ4n) is 1.44. The van der Waals surface area contributed by atoms with Gasteiger partial charge in [-0.3, -0.25) is 0 Å². The Morgan fingerprint density at radius 3 is 2.67 bits per heavy atom. The second-order valence-corrected chi connectivity index (χ2v) is 4.46. The molecule has 0 aliphatic heterocycles. The number of nitrogens with two attached hydrogens (primary N) is 3. The lowest BCUT2D eigenvalue weighted by Gasteiger charge is -2.11. The number of hydrogen-bond acceptors (Lipinski definition) is 6. The molecule has 0 unspecified atom stereocenters. The highest BCUT2D eigenvalue weighted by molar-refractivity contribution is 7.98. The summed E-state index contributed by atoms with van der Waals surface area (Å²) in [4.78, 5) is 4.83. The highest BCUT2D eigenvalue weighted by Gasteiger charge is 2.07. The normalized spacial score (nSPS) is 10.3. The average Bonchev–Trinajstić information content (AvgIpc) is 2.37. The number of pyridine rings is 1. The lowest BCUT2D eigenvalue weighted by atomic mass is 10.3. The highest BCUT2D eigenvalue weighted by Crippen LogP contribution is 2.33. The smallest absolute Gasteiger partial charge is 0.155 e. The number of benzene rings is 1. The summed E-state index contributed by atoms with van der Waals surface area (Å²) in [5, 5.41) is 0. The number of rotatable bonds is 3. The molecule has 5 nitrogen and oxygen atoms in total. The first kappa shape index (κ1) is 12.4. The van der Waals surface area contributed by atoms with Gasteiger partial charge in [0.25, 0.3) is 0 Å². The topological polar surface area (TPSA) is 100 Å². The Balaban J connectivity index is 2.31. The molecule has 6 N–H and O–H groups in total. The minimum absolute atomic E-state index is 0.257. The molecule has 0 amide bonds. The summed E-state index contributed by atoms with van der Waals surface area (Å²) in [5.41, 5.74) is 18.3. The fourth-order valence-corrected chi connectivity index (χ4v) is 1.98. The Labute approximate surface area is 109 Å². The standard InChI is InChI=1S/C12H14N4OS/c1-18-10-6-7(2-3-8(10)13)17-9-4-5-16-12(15)11(9)14/h2-6H,13-14H2,1H3,(H2,15,16). The van der Waals surface area contributed by atoms with Crippen LogP contribution in [0, 0.1) is 0 Å². The van der Waals surface area contributed by atoms with Crippen LogP contribution in [0.25, 0.3) is 0 Å². The predicted molar refractivity (Wildman–Crippen MR) is 75.8 cm³/mol. The van der Waals surface area contributed by atoms with Crippen molar-refractivity contribution in [3.8, 4) is 11.5 Å². The van der Waals surface area contributed by atoms with E-state index in [2.05, 4.69) is 4.98 Å². The Kier molecular flexibility index (Phi) is 3.47. The number of nitrogen functional groups attached to an aromatic ring is 3. The maximum Gasteiger partial charge on any atom is 0.155 e. The van der Waals surface area contributed by atoms with Crippen molar-refractivity contribution < 1.29 is 4.74 Å². The first-order valence-corrected chi connectivity index (χ1v) is 6.45. The van der Waals surface area contributed by atoms with E-state index in [0.29, 0.717) is 17.2 Å². The number of ether oxygens (including phenoxy) is 1. The van der Waals surface area contributed by atoms with Gasteiger partial charge in [-0.2, -0.15) is 0 Å². The molecule has 0 aliphatic rings. The molecule has 0 bridgehead atoms. The monoisotopic (exact) mass is 262 g/mol. The molecular formula is C12H14N4OS. The van der Waals surface area contributed by atoms with Gasteiger partial charge in [0.15, 0.2) is 5.75 Å². The van der Waals surface area contributed by atoms with Crippen LogP contribution in [0.1, 0.15) is 0 Å². The molecule has 1 heterocycles. The molecule has 2 aromatic rings. The summed E-state index contributed by atoms with van der Waals surface area (Å²) in [6.07, 6.45) is 3.50. The second kappa shape index (κ2) is 5.05. The zero-order valence-corrected chi connectivity index (χ0v) is 10.7. The van der Waals surface area contributed by atoms with E-state index < -0.39 is 0 Å². The SMILES string of the molecule is CSc1cc(Oc2ccnc(N)c2N)ccc1N. The minimum atomic E-state index is 0.257. The van der Waals surface area contributed by atoms with Crippen molar-refractivity contribution in [1.82, 2.24) is 4.98 Å². The summed E-state index contributed by atoms with van der Waals surface area (Å²) in [5.74, 6) is 1.40. The third-order valence-corrected chi connectivity index (χ3v) is 3.21. The molecule has 2 rings (SSSR count). The van der Waals surface area contributed by atoms with Crippen LogP contribution in [0.4, 0.5) is 17.2 Å². The summed E-state index contributed by atoms with van der Waals surface area (Å²) < 4.78 is 5.67. The van der Waals surface area contributed by atoms with E-state index in [1.165, 1.54) is 0 Å². The molecule has 0 aliphatic carbocycles.